The van der Waals surface area contributed by atoms with E-state index in [1.807, 2.05) is 18.2 Å². The third-order valence-electron chi connectivity index (χ3n) is 5.22. The summed E-state index contributed by atoms with van der Waals surface area (Å²) in [4.78, 5) is 38.5. The lowest BCUT2D eigenvalue weighted by atomic mass is 9.97. The van der Waals surface area contributed by atoms with Gasteiger partial charge in [-0.25, -0.2) is 9.48 Å². The van der Waals surface area contributed by atoms with Crippen LogP contribution in [0.5, 0.6) is 0 Å². The number of nitrogens with two attached hydrogens (primary N) is 1. The third kappa shape index (κ3) is 4.12. The fourth-order valence-corrected chi connectivity index (χ4v) is 5.91. The van der Waals surface area contributed by atoms with E-state index in [1.54, 1.807) is 7.05 Å². The van der Waals surface area contributed by atoms with Gasteiger partial charge in [0.15, 0.2) is 0 Å². The number of β-lactam (4-membered cyclic amide) rings is 1. The molecule has 1 aromatic rings. The number of carbonyl (C=O) groups excluding carboxylic acids is 2. The van der Waals surface area contributed by atoms with Gasteiger partial charge in [-0.05, 0) is 34.4 Å². The highest BCUT2D eigenvalue weighted by molar-refractivity contribution is 8.01. The minimum atomic E-state index is -1.18. The van der Waals surface area contributed by atoms with Gasteiger partial charge in [0.2, 0.25) is 11.1 Å². The second kappa shape index (κ2) is 8.85. The van der Waals surface area contributed by atoms with Gasteiger partial charge in [0.05, 0.1) is 0 Å². The number of allylic oxidation sites excluding steroid dienone is 3. The van der Waals surface area contributed by atoms with E-state index >= 15 is 0 Å². The Labute approximate surface area is 186 Å². The number of fused-ring (bicyclic) bond motifs is 1. The van der Waals surface area contributed by atoms with Crippen LogP contribution in [0.3, 0.4) is 0 Å². The molecule has 13 heteroatoms. The number of carbonyl (C=O) groups is 3. The molecule has 2 unspecified atom stereocenters. The van der Waals surface area contributed by atoms with Crippen molar-refractivity contribution in [1.29, 1.82) is 0 Å². The molecule has 0 saturated carbocycles. The lowest BCUT2D eigenvalue weighted by molar-refractivity contribution is -0.150. The van der Waals surface area contributed by atoms with E-state index in [9.17, 15) is 19.5 Å². The number of carboxylic acids is 1. The Morgan fingerprint density at radius 3 is 2.90 bits per heavy atom. The molecular weight excluding hydrogens is 442 g/mol. The highest BCUT2D eigenvalue weighted by Crippen LogP contribution is 2.41. The summed E-state index contributed by atoms with van der Waals surface area (Å²) in [6.45, 7) is 0. The summed E-state index contributed by atoms with van der Waals surface area (Å²) >= 11 is 2.71. The summed E-state index contributed by atoms with van der Waals surface area (Å²) in [5.74, 6) is -1.30. The second-order valence-corrected chi connectivity index (χ2v) is 9.24. The second-order valence-electron chi connectivity index (χ2n) is 7.20. The number of carboxylic acid groups (broad SMARTS) is 1. The van der Waals surface area contributed by atoms with Gasteiger partial charge in [0.1, 0.15) is 23.2 Å². The van der Waals surface area contributed by atoms with Crippen LogP contribution in [0.1, 0.15) is 12.8 Å². The van der Waals surface area contributed by atoms with Crippen LogP contribution in [0.4, 0.5) is 0 Å². The van der Waals surface area contributed by atoms with E-state index < -0.39 is 35.2 Å². The molecule has 0 aromatic carbocycles. The van der Waals surface area contributed by atoms with Crippen LogP contribution in [-0.2, 0) is 21.4 Å². The highest BCUT2D eigenvalue weighted by atomic mass is 32.2. The number of nitrogens with zero attached hydrogens (tertiary/aromatic N) is 5. The largest absolute Gasteiger partial charge is 0.477 e. The summed E-state index contributed by atoms with van der Waals surface area (Å²) in [6.07, 6.45) is 7.19. The molecule has 3 atom stereocenters. The number of rotatable bonds is 7. The monoisotopic (exact) mass is 463 g/mol. The Bertz CT molecular complexity index is 1020. The van der Waals surface area contributed by atoms with E-state index in [2.05, 4.69) is 20.8 Å². The molecule has 4 N–H and O–H groups in total. The van der Waals surface area contributed by atoms with Crippen LogP contribution in [0.25, 0.3) is 0 Å². The summed E-state index contributed by atoms with van der Waals surface area (Å²) in [5.41, 5.74) is 7.44. The molecule has 3 heterocycles. The third-order valence-corrected chi connectivity index (χ3v) is 7.66. The fourth-order valence-electron chi connectivity index (χ4n) is 3.57. The SMILES string of the molecule is Cn1nnnc1SCC1=C(C(=O)O)N2C(=O)C(NC(=O)C(N)C3=CCC=CC3)[C@@H]2SC1. The molecule has 1 aliphatic carbocycles. The number of aryl methyl sites for hydroxylation is 1. The van der Waals surface area contributed by atoms with Gasteiger partial charge in [-0.15, -0.1) is 16.9 Å². The molecule has 2 amide bonds. The molecule has 31 heavy (non-hydrogen) atoms. The van der Waals surface area contributed by atoms with Crippen LogP contribution < -0.4 is 11.1 Å². The average Bonchev–Trinajstić information content (AvgIpc) is 3.19. The summed E-state index contributed by atoms with van der Waals surface area (Å²) in [6, 6.07) is -1.63. The van der Waals surface area contributed by atoms with Crippen LogP contribution in [0, 0.1) is 0 Å². The van der Waals surface area contributed by atoms with Crippen molar-refractivity contribution in [3.63, 3.8) is 0 Å². The first-order valence-electron chi connectivity index (χ1n) is 9.53. The topological polar surface area (TPSA) is 156 Å². The van der Waals surface area contributed by atoms with Gasteiger partial charge in [-0.2, -0.15) is 0 Å². The van der Waals surface area contributed by atoms with Crippen molar-refractivity contribution in [2.45, 2.75) is 35.5 Å². The molecule has 0 bridgehead atoms. The van der Waals surface area contributed by atoms with E-state index in [1.165, 1.54) is 33.1 Å². The van der Waals surface area contributed by atoms with Crippen molar-refractivity contribution >= 4 is 41.3 Å². The predicted molar refractivity (Wildman–Crippen MR) is 114 cm³/mol. The van der Waals surface area contributed by atoms with E-state index in [-0.39, 0.29) is 5.70 Å². The zero-order chi connectivity index (χ0) is 22.1. The van der Waals surface area contributed by atoms with Crippen LogP contribution in [0.2, 0.25) is 0 Å². The lowest BCUT2D eigenvalue weighted by Gasteiger charge is -2.49. The van der Waals surface area contributed by atoms with Crippen molar-refractivity contribution < 1.29 is 19.5 Å². The Kier molecular flexibility index (Phi) is 6.16. The van der Waals surface area contributed by atoms with E-state index in [4.69, 9.17) is 5.73 Å². The van der Waals surface area contributed by atoms with Gasteiger partial charge in [-0.3, -0.25) is 14.5 Å². The number of aliphatic carboxylic acids is 1. The number of amides is 2. The maximum absolute atomic E-state index is 12.8. The first-order valence-corrected chi connectivity index (χ1v) is 11.6. The molecule has 1 aromatic heterocycles. The number of hydrogen-bond acceptors (Lipinski definition) is 9. The van der Waals surface area contributed by atoms with Gasteiger partial charge in [-0.1, -0.05) is 30.0 Å². The summed E-state index contributed by atoms with van der Waals surface area (Å²) in [7, 11) is 1.69. The van der Waals surface area contributed by atoms with Crippen molar-refractivity contribution in [1.82, 2.24) is 30.4 Å². The summed E-state index contributed by atoms with van der Waals surface area (Å²) < 4.78 is 1.49. The van der Waals surface area contributed by atoms with Gasteiger partial charge in [0.25, 0.3) is 5.91 Å². The standard InChI is InChI=1S/C18H21N7O4S2/c1-24-18(21-22-23-24)31-8-10-7-30-16-12(15(27)25(16)13(10)17(28)29)20-14(26)11(19)9-5-3-2-4-6-9/h2-3,6,11-12,16H,4-5,7-8,19H2,1H3,(H,20,26)(H,28,29)/t11?,12?,16-/m0/s1. The van der Waals surface area contributed by atoms with Crippen LogP contribution in [-0.4, -0.2) is 77.0 Å². The Hall–Kier alpha value is -2.64. The summed E-state index contributed by atoms with van der Waals surface area (Å²) in [5, 5.41) is 23.7. The maximum Gasteiger partial charge on any atom is 0.352 e. The normalized spacial score (nSPS) is 23.7. The van der Waals surface area contributed by atoms with Gasteiger partial charge < -0.3 is 16.2 Å². The Morgan fingerprint density at radius 2 is 2.26 bits per heavy atom. The average molecular weight is 464 g/mol. The van der Waals surface area contributed by atoms with Crippen molar-refractivity contribution in [3.8, 4) is 0 Å². The number of hydrogen-bond donors (Lipinski definition) is 3. The molecule has 3 aliphatic rings. The molecule has 0 spiro atoms. The molecule has 164 valence electrons. The number of tetrazole rings is 1. The number of nitrogens with one attached hydrogen (secondary N) is 1. The van der Waals surface area contributed by atoms with Crippen molar-refractivity contribution in [2.75, 3.05) is 11.5 Å². The van der Waals surface area contributed by atoms with Crippen LogP contribution in [0.15, 0.2) is 40.2 Å². The lowest BCUT2D eigenvalue weighted by Crippen LogP contribution is -2.71. The van der Waals surface area contributed by atoms with E-state index in [0.29, 0.717) is 28.7 Å². The van der Waals surface area contributed by atoms with Crippen LogP contribution >= 0.6 is 23.5 Å². The minimum Gasteiger partial charge on any atom is -0.477 e. The highest BCUT2D eigenvalue weighted by Gasteiger charge is 2.54. The first kappa shape index (κ1) is 21.6. The Balaban J connectivity index is 1.44. The number of thioether (sulfide) groups is 2. The molecule has 0 radical (unpaired) electrons. The zero-order valence-corrected chi connectivity index (χ0v) is 18.2. The van der Waals surface area contributed by atoms with Gasteiger partial charge in [0, 0.05) is 18.6 Å². The smallest absolute Gasteiger partial charge is 0.352 e. The molecule has 1 saturated heterocycles. The quantitative estimate of drug-likeness (QED) is 0.277. The predicted octanol–water partition coefficient (Wildman–Crippen LogP) is -0.355. The fraction of sp³-hybridized carbons (Fsp3) is 0.444. The number of aromatic nitrogens is 4. The first-order chi connectivity index (χ1) is 14.9. The molecular formula is C18H21N7O4S2. The minimum absolute atomic E-state index is 0.0358. The maximum atomic E-state index is 12.8. The van der Waals surface area contributed by atoms with Gasteiger partial charge >= 0.3 is 5.97 Å². The Morgan fingerprint density at radius 1 is 1.45 bits per heavy atom. The van der Waals surface area contributed by atoms with Crippen molar-refractivity contribution in [3.05, 3.63) is 35.1 Å². The molecule has 2 aliphatic heterocycles. The molecule has 11 nitrogen and oxygen atoms in total. The molecule has 1 fully saturated rings. The molecule has 4 rings (SSSR count). The van der Waals surface area contributed by atoms with E-state index in [0.717, 1.165) is 12.0 Å². The zero-order valence-electron chi connectivity index (χ0n) is 16.6. The van der Waals surface area contributed by atoms with Crippen molar-refractivity contribution in [2.24, 2.45) is 12.8 Å².